The molecule has 3 aromatic rings. The van der Waals surface area contributed by atoms with E-state index in [9.17, 15) is 24.3 Å². The fourth-order valence-corrected chi connectivity index (χ4v) is 3.44. The number of hydrogen-bond donors (Lipinski definition) is 2. The molecule has 2 N–H and O–H groups in total. The quantitative estimate of drug-likeness (QED) is 0.390. The molecule has 1 amide bonds. The zero-order valence-electron chi connectivity index (χ0n) is 19.2. The number of hydrogen-bond acceptors (Lipinski definition) is 6. The van der Waals surface area contributed by atoms with E-state index in [4.69, 9.17) is 32.7 Å². The van der Waals surface area contributed by atoms with Gasteiger partial charge in [-0.1, -0.05) is 40.9 Å². The molecule has 0 aliphatic carbocycles. The van der Waals surface area contributed by atoms with E-state index in [0.717, 1.165) is 5.56 Å². The Labute approximate surface area is 216 Å². The van der Waals surface area contributed by atoms with E-state index < -0.39 is 36.0 Å². The number of carboxylic acid groups (broad SMARTS) is 1. The van der Waals surface area contributed by atoms with Crippen LogP contribution < -0.4 is 5.32 Å². The first kappa shape index (κ1) is 26.7. The molecule has 0 aliphatic heterocycles. The molecule has 0 bridgehead atoms. The molecule has 3 rings (SSSR count). The normalized spacial score (nSPS) is 12.2. The lowest BCUT2D eigenvalue weighted by Crippen LogP contribution is -2.48. The number of halogens is 2. The maximum atomic E-state index is 13.2. The van der Waals surface area contributed by atoms with Crippen LogP contribution in [0.25, 0.3) is 0 Å². The summed E-state index contributed by atoms with van der Waals surface area (Å²) in [6.45, 7) is 3.61. The van der Waals surface area contributed by atoms with E-state index in [2.05, 4.69) is 5.32 Å². The van der Waals surface area contributed by atoms with E-state index >= 15 is 0 Å². The summed E-state index contributed by atoms with van der Waals surface area (Å²) < 4.78 is 10.4. The van der Waals surface area contributed by atoms with Gasteiger partial charge in [0.05, 0.1) is 11.1 Å². The van der Waals surface area contributed by atoms with E-state index in [1.165, 1.54) is 48.5 Å². The van der Waals surface area contributed by atoms with Crippen LogP contribution in [0.5, 0.6) is 0 Å². The summed E-state index contributed by atoms with van der Waals surface area (Å²) in [5, 5.41) is 13.1. The number of aliphatic carboxylic acids is 1. The SMILES string of the molecule is Cc1ccc(NC(=O)[C@@H](OC(=O)c2ccc(Cl)cc2)[C@H](OC(=O)c2ccc(Cl)cc2)C(=O)O)c(C)c1. The van der Waals surface area contributed by atoms with Gasteiger partial charge in [0.25, 0.3) is 5.91 Å². The summed E-state index contributed by atoms with van der Waals surface area (Å²) in [7, 11) is 0. The van der Waals surface area contributed by atoms with E-state index in [1.807, 2.05) is 6.92 Å². The molecule has 0 saturated carbocycles. The second-order valence-corrected chi connectivity index (χ2v) is 8.68. The molecule has 186 valence electrons. The van der Waals surface area contributed by atoms with Gasteiger partial charge in [-0.05, 0) is 74.0 Å². The van der Waals surface area contributed by atoms with Crippen molar-refractivity contribution < 1.29 is 33.8 Å². The van der Waals surface area contributed by atoms with Gasteiger partial charge in [-0.15, -0.1) is 0 Å². The summed E-state index contributed by atoms with van der Waals surface area (Å²) in [4.78, 5) is 50.7. The first-order chi connectivity index (χ1) is 17.0. The summed E-state index contributed by atoms with van der Waals surface area (Å²) >= 11 is 11.7. The number of benzene rings is 3. The van der Waals surface area contributed by atoms with Gasteiger partial charge in [0, 0.05) is 15.7 Å². The number of ether oxygens (including phenoxy) is 2. The second kappa shape index (κ2) is 11.7. The smallest absolute Gasteiger partial charge is 0.349 e. The summed E-state index contributed by atoms with van der Waals surface area (Å²) in [5.41, 5.74) is 2.00. The Balaban J connectivity index is 1.92. The van der Waals surface area contributed by atoms with Crippen LogP contribution in [0.2, 0.25) is 10.0 Å². The third kappa shape index (κ3) is 6.84. The summed E-state index contributed by atoms with van der Waals surface area (Å²) in [6.07, 6.45) is -4.18. The highest BCUT2D eigenvalue weighted by Gasteiger charge is 2.41. The molecule has 0 heterocycles. The Bertz CT molecular complexity index is 1290. The molecular formula is C26H21Cl2NO7. The van der Waals surface area contributed by atoms with Crippen molar-refractivity contribution >= 4 is 52.7 Å². The van der Waals surface area contributed by atoms with Crippen LogP contribution in [-0.2, 0) is 19.1 Å². The lowest BCUT2D eigenvalue weighted by molar-refractivity contribution is -0.157. The van der Waals surface area contributed by atoms with Gasteiger partial charge in [-0.3, -0.25) is 4.79 Å². The lowest BCUT2D eigenvalue weighted by Gasteiger charge is -2.24. The van der Waals surface area contributed by atoms with Crippen molar-refractivity contribution in [3.8, 4) is 0 Å². The van der Waals surface area contributed by atoms with Gasteiger partial charge in [0.2, 0.25) is 12.2 Å². The van der Waals surface area contributed by atoms with Gasteiger partial charge in [-0.2, -0.15) is 0 Å². The highest BCUT2D eigenvalue weighted by molar-refractivity contribution is 6.31. The fourth-order valence-electron chi connectivity index (χ4n) is 3.19. The van der Waals surface area contributed by atoms with Crippen molar-refractivity contribution in [1.82, 2.24) is 0 Å². The molecule has 0 aromatic heterocycles. The Kier molecular flexibility index (Phi) is 8.68. The first-order valence-corrected chi connectivity index (χ1v) is 11.3. The molecule has 0 fully saturated rings. The second-order valence-electron chi connectivity index (χ2n) is 7.81. The minimum absolute atomic E-state index is 0.0109. The van der Waals surface area contributed by atoms with Gasteiger partial charge in [-0.25, -0.2) is 14.4 Å². The Morgan fingerprint density at radius 1 is 0.750 bits per heavy atom. The van der Waals surface area contributed by atoms with Crippen LogP contribution in [0.4, 0.5) is 5.69 Å². The highest BCUT2D eigenvalue weighted by atomic mass is 35.5. The monoisotopic (exact) mass is 529 g/mol. The minimum Gasteiger partial charge on any atom is -0.478 e. The van der Waals surface area contributed by atoms with Gasteiger partial charge in [0.15, 0.2) is 0 Å². The number of esters is 2. The average molecular weight is 530 g/mol. The molecule has 0 unspecified atom stereocenters. The number of carbonyl (C=O) groups excluding carboxylic acids is 3. The predicted octanol–water partition coefficient (Wildman–Crippen LogP) is 5.08. The van der Waals surface area contributed by atoms with E-state index in [0.29, 0.717) is 21.3 Å². The number of carboxylic acids is 1. The molecule has 36 heavy (non-hydrogen) atoms. The van der Waals surface area contributed by atoms with E-state index in [-0.39, 0.29) is 11.1 Å². The molecule has 0 radical (unpaired) electrons. The number of carbonyl (C=O) groups is 4. The zero-order valence-corrected chi connectivity index (χ0v) is 20.7. The summed E-state index contributed by atoms with van der Waals surface area (Å²) in [6, 6.07) is 16.2. The fraction of sp³-hybridized carbons (Fsp3) is 0.154. The largest absolute Gasteiger partial charge is 0.478 e. The third-order valence-electron chi connectivity index (χ3n) is 5.04. The third-order valence-corrected chi connectivity index (χ3v) is 5.55. The summed E-state index contributed by atoms with van der Waals surface area (Å²) in [5.74, 6) is -4.75. The molecule has 0 aliphatic rings. The molecule has 10 heteroatoms. The van der Waals surface area contributed by atoms with Crippen molar-refractivity contribution in [2.45, 2.75) is 26.1 Å². The Hall–Kier alpha value is -3.88. The number of anilines is 1. The van der Waals surface area contributed by atoms with Crippen LogP contribution in [0.15, 0.2) is 66.7 Å². The molecule has 0 saturated heterocycles. The lowest BCUT2D eigenvalue weighted by atomic mass is 10.1. The maximum Gasteiger partial charge on any atom is 0.349 e. The minimum atomic E-state index is -2.16. The van der Waals surface area contributed by atoms with Gasteiger partial charge >= 0.3 is 17.9 Å². The van der Waals surface area contributed by atoms with E-state index in [1.54, 1.807) is 25.1 Å². The van der Waals surface area contributed by atoms with Crippen LogP contribution in [0.3, 0.4) is 0 Å². The van der Waals surface area contributed by atoms with Crippen LogP contribution in [-0.4, -0.2) is 41.1 Å². The predicted molar refractivity (Wildman–Crippen MR) is 133 cm³/mol. The zero-order chi connectivity index (χ0) is 26.4. The number of aryl methyl sites for hydroxylation is 2. The highest BCUT2D eigenvalue weighted by Crippen LogP contribution is 2.20. The number of amides is 1. The maximum absolute atomic E-state index is 13.2. The molecule has 8 nitrogen and oxygen atoms in total. The van der Waals surface area contributed by atoms with Crippen LogP contribution in [0.1, 0.15) is 31.8 Å². The topological polar surface area (TPSA) is 119 Å². The molecule has 0 spiro atoms. The van der Waals surface area contributed by atoms with Crippen molar-refractivity contribution in [1.29, 1.82) is 0 Å². The number of rotatable bonds is 8. The molecular weight excluding hydrogens is 509 g/mol. The molecule has 3 aromatic carbocycles. The van der Waals surface area contributed by atoms with Gasteiger partial charge in [0.1, 0.15) is 0 Å². The van der Waals surface area contributed by atoms with Crippen molar-refractivity contribution in [3.05, 3.63) is 99.0 Å². The standard InChI is InChI=1S/C26H21Cl2NO7/c1-14-3-12-20(15(2)13-14)29-23(30)21(35-25(33)16-4-8-18(27)9-5-16)22(24(31)32)36-26(34)17-6-10-19(28)11-7-17/h3-13,21-22H,1-2H3,(H,29,30)(H,31,32)/t21-,22-/m0/s1. The van der Waals surface area contributed by atoms with Crippen LogP contribution in [0, 0.1) is 13.8 Å². The van der Waals surface area contributed by atoms with Crippen molar-refractivity contribution in [3.63, 3.8) is 0 Å². The van der Waals surface area contributed by atoms with Gasteiger partial charge < -0.3 is 19.9 Å². The first-order valence-electron chi connectivity index (χ1n) is 10.6. The van der Waals surface area contributed by atoms with Crippen molar-refractivity contribution in [2.24, 2.45) is 0 Å². The Morgan fingerprint density at radius 3 is 1.67 bits per heavy atom. The Morgan fingerprint density at radius 2 is 1.22 bits per heavy atom. The average Bonchev–Trinajstić information content (AvgIpc) is 2.83. The van der Waals surface area contributed by atoms with Crippen molar-refractivity contribution in [2.75, 3.05) is 5.32 Å². The van der Waals surface area contributed by atoms with Crippen LogP contribution >= 0.6 is 23.2 Å². The molecule has 2 atom stereocenters. The number of nitrogens with one attached hydrogen (secondary N) is 1.